The summed E-state index contributed by atoms with van der Waals surface area (Å²) in [4.78, 5) is 0. The molecule has 0 amide bonds. The smallest absolute Gasteiger partial charge is 0.0545 e. The van der Waals surface area contributed by atoms with E-state index in [2.05, 4.69) is 39.9 Å². The zero-order valence-corrected chi connectivity index (χ0v) is 11.0. The average Bonchev–Trinajstić information content (AvgIpc) is 1.86. The number of hydrogen-bond acceptors (Lipinski definition) is 2. The molecular weight excluding hydrogens is 211 g/mol. The lowest BCUT2D eigenvalue weighted by molar-refractivity contribution is 0.690. The summed E-state index contributed by atoms with van der Waals surface area (Å²) in [5.41, 5.74) is 0. The van der Waals surface area contributed by atoms with E-state index in [1.54, 1.807) is 0 Å². The van der Waals surface area contributed by atoms with Gasteiger partial charge in [-0.1, -0.05) is 39.5 Å². The van der Waals surface area contributed by atoms with Crippen molar-refractivity contribution < 1.29 is 0 Å². The van der Waals surface area contributed by atoms with Gasteiger partial charge in [-0.15, -0.1) is 23.6 Å². The summed E-state index contributed by atoms with van der Waals surface area (Å²) in [6, 6.07) is 0. The molecule has 1 atom stereocenters. The van der Waals surface area contributed by atoms with Crippen molar-refractivity contribution in [2.75, 3.05) is 6.16 Å². The Morgan fingerprint density at radius 1 is 1.45 bits per heavy atom. The molecule has 0 bridgehead atoms. The minimum absolute atomic E-state index is 0.313. The molecule has 0 aromatic heterocycles. The van der Waals surface area contributed by atoms with Crippen LogP contribution in [-0.4, -0.2) is 10.9 Å². The van der Waals surface area contributed by atoms with Crippen molar-refractivity contribution >= 4 is 39.9 Å². The summed E-state index contributed by atoms with van der Waals surface area (Å²) in [5, 5.41) is 0. The summed E-state index contributed by atoms with van der Waals surface area (Å²) < 4.78 is -1.05. The Hall–Kier alpha value is 1.35. The molecule has 1 unspecified atom stereocenters. The lowest BCUT2D eigenvalue weighted by Crippen LogP contribution is -2.11. The van der Waals surface area contributed by atoms with Crippen LogP contribution in [0.4, 0.5) is 0 Å². The first kappa shape index (κ1) is 12.3. The third-order valence-corrected chi connectivity index (χ3v) is 9.65. The van der Waals surface area contributed by atoms with Gasteiger partial charge < -0.3 is 0 Å². The largest absolute Gasteiger partial charge is 0.131 e. The van der Waals surface area contributed by atoms with Crippen LogP contribution in [0, 0.1) is 0 Å². The van der Waals surface area contributed by atoms with Crippen LogP contribution in [0.2, 0.25) is 0 Å². The molecule has 0 N–H and O–H groups in total. The third kappa shape index (κ3) is 5.57. The van der Waals surface area contributed by atoms with Crippen LogP contribution >= 0.6 is 28.1 Å². The minimum atomic E-state index is -1.37. The van der Waals surface area contributed by atoms with Gasteiger partial charge in [-0.2, -0.15) is 0 Å². The van der Waals surface area contributed by atoms with Crippen molar-refractivity contribution in [2.45, 2.75) is 38.9 Å². The minimum Gasteiger partial charge on any atom is -0.131 e. The Morgan fingerprint density at radius 3 is 2.18 bits per heavy atom. The topological polar surface area (TPSA) is 0 Å². The monoisotopic (exact) mass is 228 g/mol. The van der Waals surface area contributed by atoms with Crippen LogP contribution in [0.25, 0.3) is 0 Å². The molecule has 11 heavy (non-hydrogen) atoms. The van der Waals surface area contributed by atoms with E-state index in [4.69, 9.17) is 11.8 Å². The fourth-order valence-electron chi connectivity index (χ4n) is 0.515. The molecule has 0 fully saturated rings. The Balaban J connectivity index is 4.14. The number of rotatable bonds is 4. The first-order valence-electron chi connectivity index (χ1n) is 3.85. The van der Waals surface area contributed by atoms with E-state index in [1.165, 1.54) is 0 Å². The molecule has 0 heterocycles. The second-order valence-corrected chi connectivity index (χ2v) is 15.0. The van der Waals surface area contributed by atoms with Crippen molar-refractivity contribution in [3.05, 3.63) is 0 Å². The molecule has 0 aromatic rings. The van der Waals surface area contributed by atoms with Gasteiger partial charge in [-0.3, -0.25) is 0 Å². The molecule has 0 saturated heterocycles. The van der Waals surface area contributed by atoms with Gasteiger partial charge in [-0.25, -0.2) is 0 Å². The highest BCUT2D eigenvalue weighted by Gasteiger charge is 2.23. The van der Waals surface area contributed by atoms with Crippen molar-refractivity contribution in [1.82, 2.24) is 0 Å². The lowest BCUT2D eigenvalue weighted by Gasteiger charge is -2.27. The standard InChI is InChI=1S/C7H17PS3/c1-5-7(3,4)11-8(9,10)6-2/h5-6H2,1-4H3,(H,9,10). The van der Waals surface area contributed by atoms with E-state index in [-0.39, 0.29) is 0 Å². The quantitative estimate of drug-likeness (QED) is 0.566. The van der Waals surface area contributed by atoms with E-state index in [0.717, 1.165) is 12.6 Å². The fraction of sp³-hybridized carbons (Fsp3) is 1.00. The van der Waals surface area contributed by atoms with Crippen LogP contribution in [0.5, 0.6) is 0 Å². The maximum Gasteiger partial charge on any atom is 0.0545 e. The molecule has 0 aromatic carbocycles. The molecule has 0 radical (unpaired) electrons. The Morgan fingerprint density at radius 2 is 1.91 bits per heavy atom. The van der Waals surface area contributed by atoms with Crippen LogP contribution in [-0.2, 0) is 11.8 Å². The van der Waals surface area contributed by atoms with Gasteiger partial charge in [0, 0.05) is 4.75 Å². The molecule has 0 aliphatic rings. The predicted molar refractivity (Wildman–Crippen MR) is 65.8 cm³/mol. The molecule has 0 saturated carbocycles. The maximum atomic E-state index is 5.40. The fourth-order valence-corrected chi connectivity index (χ4v) is 8.44. The second kappa shape index (κ2) is 4.55. The van der Waals surface area contributed by atoms with Crippen LogP contribution < -0.4 is 0 Å². The van der Waals surface area contributed by atoms with Crippen molar-refractivity contribution in [2.24, 2.45) is 0 Å². The number of hydrogen-bond donors (Lipinski definition) is 1. The van der Waals surface area contributed by atoms with Crippen molar-refractivity contribution in [1.29, 1.82) is 0 Å². The molecule has 0 rings (SSSR count). The van der Waals surface area contributed by atoms with Crippen LogP contribution in [0.15, 0.2) is 0 Å². The maximum absolute atomic E-state index is 5.40. The molecule has 0 aliphatic heterocycles. The second-order valence-electron chi connectivity index (χ2n) is 3.16. The number of thiol groups is 1. The van der Waals surface area contributed by atoms with Gasteiger partial charge in [0.2, 0.25) is 0 Å². The zero-order valence-electron chi connectivity index (χ0n) is 7.63. The highest BCUT2D eigenvalue weighted by Crippen LogP contribution is 2.67. The molecule has 4 heteroatoms. The molecular formula is C7H17PS3. The zero-order chi connectivity index (χ0) is 9.12. The SMILES string of the molecule is CCC(C)(C)SP(=S)(S)CC. The van der Waals surface area contributed by atoms with Gasteiger partial charge >= 0.3 is 0 Å². The highest BCUT2D eigenvalue weighted by molar-refractivity contribution is 8.96. The van der Waals surface area contributed by atoms with E-state index in [1.807, 2.05) is 11.4 Å². The molecule has 0 nitrogen and oxygen atoms in total. The lowest BCUT2D eigenvalue weighted by atomic mass is 10.1. The first-order chi connectivity index (χ1) is 4.83. The van der Waals surface area contributed by atoms with Crippen molar-refractivity contribution in [3.8, 4) is 0 Å². The summed E-state index contributed by atoms with van der Waals surface area (Å²) in [7, 11) is 0. The van der Waals surface area contributed by atoms with Crippen molar-refractivity contribution in [3.63, 3.8) is 0 Å². The van der Waals surface area contributed by atoms with Gasteiger partial charge in [0.1, 0.15) is 0 Å². The van der Waals surface area contributed by atoms with E-state index in [9.17, 15) is 0 Å². The Kier molecular flexibility index (Phi) is 5.11. The molecule has 0 spiro atoms. The van der Waals surface area contributed by atoms with Crippen LogP contribution in [0.1, 0.15) is 34.1 Å². The molecule has 0 aliphatic carbocycles. The first-order valence-corrected chi connectivity index (χ1v) is 9.42. The van der Waals surface area contributed by atoms with E-state index < -0.39 is 4.44 Å². The van der Waals surface area contributed by atoms with E-state index in [0.29, 0.717) is 4.75 Å². The summed E-state index contributed by atoms with van der Waals surface area (Å²) in [6.45, 7) is 8.81. The summed E-state index contributed by atoms with van der Waals surface area (Å²) >= 11 is 11.8. The molecule has 68 valence electrons. The predicted octanol–water partition coefficient (Wildman–Crippen LogP) is 4.17. The van der Waals surface area contributed by atoms with Gasteiger partial charge in [0.25, 0.3) is 0 Å². The highest BCUT2D eigenvalue weighted by atomic mass is 33.2. The Bertz CT molecular complexity index is 165. The summed E-state index contributed by atoms with van der Waals surface area (Å²) in [6.07, 6.45) is 2.20. The van der Waals surface area contributed by atoms with Gasteiger partial charge in [-0.05, 0) is 12.6 Å². The normalized spacial score (nSPS) is 17.9. The summed E-state index contributed by atoms with van der Waals surface area (Å²) in [5.74, 6) is 0. The third-order valence-electron chi connectivity index (χ3n) is 1.64. The average molecular weight is 228 g/mol. The Labute approximate surface area is 84.8 Å². The van der Waals surface area contributed by atoms with E-state index >= 15 is 0 Å². The van der Waals surface area contributed by atoms with Gasteiger partial charge in [0.15, 0.2) is 0 Å². The van der Waals surface area contributed by atoms with Gasteiger partial charge in [0.05, 0.1) is 4.44 Å². The van der Waals surface area contributed by atoms with Crippen LogP contribution in [0.3, 0.4) is 0 Å².